The Morgan fingerprint density at radius 1 is 1.00 bits per heavy atom. The first-order valence-corrected chi connectivity index (χ1v) is 8.05. The third-order valence-corrected chi connectivity index (χ3v) is 4.31. The number of nitrogens with one attached hydrogen (secondary N) is 1. The van der Waals surface area contributed by atoms with E-state index in [1.807, 2.05) is 24.3 Å². The first kappa shape index (κ1) is 15.1. The number of hydrogen-bond acceptors (Lipinski definition) is 3. The molecule has 1 fully saturated rings. The second-order valence-electron chi connectivity index (χ2n) is 5.77. The highest BCUT2D eigenvalue weighted by Gasteiger charge is 2.20. The van der Waals surface area contributed by atoms with Crippen LogP contribution in [0.2, 0.25) is 0 Å². The molecule has 1 aliphatic rings. The van der Waals surface area contributed by atoms with Gasteiger partial charge in [0.05, 0.1) is 0 Å². The van der Waals surface area contributed by atoms with Crippen LogP contribution in [0.25, 0.3) is 0 Å². The van der Waals surface area contributed by atoms with E-state index < -0.39 is 0 Å². The number of benzene rings is 2. The van der Waals surface area contributed by atoms with Crippen LogP contribution in [0.5, 0.6) is 5.75 Å². The van der Waals surface area contributed by atoms with E-state index in [9.17, 15) is 0 Å². The molecule has 0 aliphatic carbocycles. The van der Waals surface area contributed by atoms with Gasteiger partial charge in [0.2, 0.25) is 0 Å². The average molecular weight is 296 g/mol. The maximum Gasteiger partial charge on any atom is 0.124 e. The Hall–Kier alpha value is -1.84. The van der Waals surface area contributed by atoms with E-state index in [1.165, 1.54) is 11.1 Å². The molecule has 116 valence electrons. The Kier molecular flexibility index (Phi) is 5.09. The Morgan fingerprint density at radius 3 is 2.45 bits per heavy atom. The Labute approximate surface area is 132 Å². The number of nitrogens with zero attached hydrogens (tertiary/aromatic N) is 1. The van der Waals surface area contributed by atoms with E-state index in [1.54, 1.807) is 0 Å². The van der Waals surface area contributed by atoms with Gasteiger partial charge in [-0.05, 0) is 18.6 Å². The Balaban J connectivity index is 1.71. The molecule has 0 radical (unpaired) electrons. The minimum absolute atomic E-state index is 0.383. The van der Waals surface area contributed by atoms with Crippen LogP contribution < -0.4 is 10.1 Å². The fourth-order valence-corrected chi connectivity index (χ4v) is 2.96. The molecule has 0 spiro atoms. The monoisotopic (exact) mass is 296 g/mol. The average Bonchev–Trinajstić information content (AvgIpc) is 2.61. The molecule has 1 atom stereocenters. The van der Waals surface area contributed by atoms with Gasteiger partial charge in [-0.1, -0.05) is 48.5 Å². The summed E-state index contributed by atoms with van der Waals surface area (Å²) in [6, 6.07) is 19.1. The van der Waals surface area contributed by atoms with Crippen LogP contribution in [-0.4, -0.2) is 31.1 Å². The number of hydrogen-bond donors (Lipinski definition) is 1. The summed E-state index contributed by atoms with van der Waals surface area (Å²) in [4.78, 5) is 2.52. The van der Waals surface area contributed by atoms with E-state index in [-0.39, 0.29) is 0 Å². The molecule has 0 aromatic heterocycles. The van der Waals surface area contributed by atoms with Crippen molar-refractivity contribution in [1.29, 1.82) is 0 Å². The van der Waals surface area contributed by atoms with Crippen molar-refractivity contribution < 1.29 is 4.74 Å². The summed E-state index contributed by atoms with van der Waals surface area (Å²) in [5.74, 6) is 0.998. The van der Waals surface area contributed by atoms with E-state index in [4.69, 9.17) is 4.74 Å². The molecule has 1 N–H and O–H groups in total. The first-order chi connectivity index (χ1) is 10.8. The summed E-state index contributed by atoms with van der Waals surface area (Å²) in [5, 5.41) is 3.41. The summed E-state index contributed by atoms with van der Waals surface area (Å²) in [6.07, 6.45) is 0. The van der Waals surface area contributed by atoms with Crippen molar-refractivity contribution in [2.45, 2.75) is 19.6 Å². The van der Waals surface area contributed by atoms with E-state index in [0.29, 0.717) is 12.6 Å². The largest absolute Gasteiger partial charge is 0.489 e. The molecule has 0 amide bonds. The molecule has 2 aromatic rings. The molecule has 1 aliphatic heterocycles. The lowest BCUT2D eigenvalue weighted by Crippen LogP contribution is -2.44. The fraction of sp³-hybridized carbons (Fsp3) is 0.368. The number of rotatable bonds is 5. The highest BCUT2D eigenvalue weighted by molar-refractivity contribution is 5.36. The van der Waals surface area contributed by atoms with Crippen LogP contribution in [0.15, 0.2) is 54.6 Å². The van der Waals surface area contributed by atoms with Gasteiger partial charge in [-0.25, -0.2) is 0 Å². The maximum atomic E-state index is 6.09. The molecule has 3 rings (SSSR count). The summed E-state index contributed by atoms with van der Waals surface area (Å²) >= 11 is 0. The molecular formula is C19H24N2O. The van der Waals surface area contributed by atoms with Crippen LogP contribution in [0, 0.1) is 0 Å². The van der Waals surface area contributed by atoms with Crippen molar-refractivity contribution in [3.63, 3.8) is 0 Å². The zero-order chi connectivity index (χ0) is 15.2. The predicted octanol–water partition coefficient (Wildman–Crippen LogP) is 3.23. The summed E-state index contributed by atoms with van der Waals surface area (Å²) < 4.78 is 6.09. The molecule has 1 unspecified atom stereocenters. The minimum atomic E-state index is 0.383. The van der Waals surface area contributed by atoms with Crippen LogP contribution >= 0.6 is 0 Å². The highest BCUT2D eigenvalue weighted by Crippen LogP contribution is 2.29. The second-order valence-corrected chi connectivity index (χ2v) is 5.77. The van der Waals surface area contributed by atoms with Crippen LogP contribution in [0.1, 0.15) is 24.1 Å². The molecule has 1 heterocycles. The molecule has 22 heavy (non-hydrogen) atoms. The molecule has 0 bridgehead atoms. The van der Waals surface area contributed by atoms with Gasteiger partial charge in [-0.15, -0.1) is 0 Å². The molecular weight excluding hydrogens is 272 g/mol. The molecule has 1 saturated heterocycles. The number of ether oxygens (including phenoxy) is 1. The zero-order valence-corrected chi connectivity index (χ0v) is 13.2. The molecule has 3 nitrogen and oxygen atoms in total. The van der Waals surface area contributed by atoms with E-state index in [2.05, 4.69) is 47.5 Å². The number of para-hydroxylation sites is 1. The van der Waals surface area contributed by atoms with Crippen LogP contribution in [-0.2, 0) is 6.61 Å². The summed E-state index contributed by atoms with van der Waals surface area (Å²) in [5.41, 5.74) is 2.48. The third-order valence-electron chi connectivity index (χ3n) is 4.31. The van der Waals surface area contributed by atoms with Gasteiger partial charge < -0.3 is 10.1 Å². The van der Waals surface area contributed by atoms with Gasteiger partial charge in [-0.2, -0.15) is 0 Å². The van der Waals surface area contributed by atoms with Crippen molar-refractivity contribution in [2.75, 3.05) is 26.2 Å². The Bertz CT molecular complexity index is 579. The highest BCUT2D eigenvalue weighted by atomic mass is 16.5. The Morgan fingerprint density at radius 2 is 1.68 bits per heavy atom. The first-order valence-electron chi connectivity index (χ1n) is 8.05. The van der Waals surface area contributed by atoms with Crippen molar-refractivity contribution in [2.24, 2.45) is 0 Å². The van der Waals surface area contributed by atoms with Gasteiger partial charge in [0.15, 0.2) is 0 Å². The second kappa shape index (κ2) is 7.43. The maximum absolute atomic E-state index is 6.09. The minimum Gasteiger partial charge on any atom is -0.489 e. The predicted molar refractivity (Wildman–Crippen MR) is 90.1 cm³/mol. The fourth-order valence-electron chi connectivity index (χ4n) is 2.96. The van der Waals surface area contributed by atoms with Crippen molar-refractivity contribution in [1.82, 2.24) is 10.2 Å². The van der Waals surface area contributed by atoms with Crippen molar-refractivity contribution in [3.05, 3.63) is 65.7 Å². The topological polar surface area (TPSA) is 24.5 Å². The van der Waals surface area contributed by atoms with Crippen molar-refractivity contribution in [3.8, 4) is 5.75 Å². The lowest BCUT2D eigenvalue weighted by Gasteiger charge is -2.33. The van der Waals surface area contributed by atoms with Gasteiger partial charge in [0.1, 0.15) is 12.4 Å². The SMILES string of the molecule is CC(c1ccccc1OCc1ccccc1)N1CCNCC1. The lowest BCUT2D eigenvalue weighted by atomic mass is 10.0. The third kappa shape index (κ3) is 3.67. The summed E-state index contributed by atoms with van der Waals surface area (Å²) in [7, 11) is 0. The van der Waals surface area contributed by atoms with Crippen LogP contribution in [0.3, 0.4) is 0 Å². The van der Waals surface area contributed by atoms with E-state index >= 15 is 0 Å². The van der Waals surface area contributed by atoms with Gasteiger partial charge >= 0.3 is 0 Å². The smallest absolute Gasteiger partial charge is 0.124 e. The standard InChI is InChI=1S/C19H24N2O/c1-16(21-13-11-20-12-14-21)18-9-5-6-10-19(18)22-15-17-7-3-2-4-8-17/h2-10,16,20H,11-15H2,1H3. The molecule has 2 aromatic carbocycles. The lowest BCUT2D eigenvalue weighted by molar-refractivity contribution is 0.180. The normalized spacial score (nSPS) is 17.1. The van der Waals surface area contributed by atoms with Gasteiger partial charge in [0, 0.05) is 37.8 Å². The molecule has 3 heteroatoms. The zero-order valence-electron chi connectivity index (χ0n) is 13.2. The molecule has 0 saturated carbocycles. The quantitative estimate of drug-likeness (QED) is 0.917. The van der Waals surface area contributed by atoms with Gasteiger partial charge in [-0.3, -0.25) is 4.90 Å². The van der Waals surface area contributed by atoms with Crippen molar-refractivity contribution >= 4 is 0 Å². The van der Waals surface area contributed by atoms with Gasteiger partial charge in [0.25, 0.3) is 0 Å². The number of piperazine rings is 1. The van der Waals surface area contributed by atoms with Crippen LogP contribution in [0.4, 0.5) is 0 Å². The van der Waals surface area contributed by atoms with E-state index in [0.717, 1.165) is 31.9 Å². The summed E-state index contributed by atoms with van der Waals surface area (Å²) in [6.45, 7) is 7.21.